The average molecular weight is 364 g/mol. The number of hydrogen-bond donors (Lipinski definition) is 3. The molecule has 0 aliphatic rings. The maximum absolute atomic E-state index is 12.6. The fourth-order valence-electron chi connectivity index (χ4n) is 2.71. The van der Waals surface area contributed by atoms with Gasteiger partial charge in [-0.15, -0.1) is 0 Å². The van der Waals surface area contributed by atoms with Crippen LogP contribution in [0, 0.1) is 5.92 Å². The maximum Gasteiger partial charge on any atom is 0.328 e. The number of amides is 2. The van der Waals surface area contributed by atoms with Gasteiger partial charge in [-0.1, -0.05) is 56.5 Å². The number of unbranched alkanes of at least 4 members (excludes halogenated alkanes) is 2. The predicted octanol–water partition coefficient (Wildman–Crippen LogP) is 1.98. The lowest BCUT2D eigenvalue weighted by atomic mass is 9.95. The van der Waals surface area contributed by atoms with Crippen LogP contribution in [0.3, 0.4) is 0 Å². The first-order valence-corrected chi connectivity index (χ1v) is 8.86. The zero-order chi connectivity index (χ0) is 19.4. The summed E-state index contributed by atoms with van der Waals surface area (Å²) in [5.41, 5.74) is 2.45. The third-order valence-electron chi connectivity index (χ3n) is 4.17. The molecule has 7 heteroatoms. The SMILES string of the molecule is CCCCC[C@H](CC(=O)NO)C(=O)N[C@@H](Cc1ccccc1)C(=O)OC. The van der Waals surface area contributed by atoms with E-state index in [0.29, 0.717) is 12.8 Å². The van der Waals surface area contributed by atoms with Crippen molar-refractivity contribution in [3.05, 3.63) is 35.9 Å². The Bertz CT molecular complexity index is 577. The Balaban J connectivity index is 2.81. The zero-order valence-electron chi connectivity index (χ0n) is 15.4. The van der Waals surface area contributed by atoms with Gasteiger partial charge < -0.3 is 10.1 Å². The fraction of sp³-hybridized carbons (Fsp3) is 0.526. The van der Waals surface area contributed by atoms with Crippen molar-refractivity contribution in [2.75, 3.05) is 7.11 Å². The van der Waals surface area contributed by atoms with E-state index in [-0.39, 0.29) is 6.42 Å². The van der Waals surface area contributed by atoms with Crippen molar-refractivity contribution in [3.8, 4) is 0 Å². The second-order valence-electron chi connectivity index (χ2n) is 6.21. The summed E-state index contributed by atoms with van der Waals surface area (Å²) in [6.45, 7) is 2.04. The Morgan fingerprint density at radius 1 is 1.15 bits per heavy atom. The minimum Gasteiger partial charge on any atom is -0.467 e. The van der Waals surface area contributed by atoms with Crippen molar-refractivity contribution >= 4 is 17.8 Å². The number of benzene rings is 1. The summed E-state index contributed by atoms with van der Waals surface area (Å²) in [6, 6.07) is 8.46. The number of esters is 1. The second-order valence-corrected chi connectivity index (χ2v) is 6.21. The number of carbonyl (C=O) groups excluding carboxylic acids is 3. The molecule has 144 valence electrons. The topological polar surface area (TPSA) is 105 Å². The number of hydrogen-bond acceptors (Lipinski definition) is 5. The van der Waals surface area contributed by atoms with Gasteiger partial charge in [0.15, 0.2) is 0 Å². The van der Waals surface area contributed by atoms with Crippen molar-refractivity contribution in [1.82, 2.24) is 10.8 Å². The number of carbonyl (C=O) groups is 3. The van der Waals surface area contributed by atoms with E-state index in [0.717, 1.165) is 24.8 Å². The van der Waals surface area contributed by atoms with Crippen molar-refractivity contribution < 1.29 is 24.3 Å². The van der Waals surface area contributed by atoms with Gasteiger partial charge >= 0.3 is 5.97 Å². The third kappa shape index (κ3) is 7.65. The Kier molecular flexibility index (Phi) is 10.0. The Morgan fingerprint density at radius 3 is 2.42 bits per heavy atom. The largest absolute Gasteiger partial charge is 0.467 e. The van der Waals surface area contributed by atoms with Gasteiger partial charge in [-0.25, -0.2) is 10.3 Å². The fourth-order valence-corrected chi connectivity index (χ4v) is 2.71. The molecule has 1 aromatic carbocycles. The molecule has 0 saturated carbocycles. The Morgan fingerprint density at radius 2 is 1.85 bits per heavy atom. The molecule has 0 saturated heterocycles. The van der Waals surface area contributed by atoms with E-state index >= 15 is 0 Å². The highest BCUT2D eigenvalue weighted by Gasteiger charge is 2.27. The third-order valence-corrected chi connectivity index (χ3v) is 4.17. The van der Waals surface area contributed by atoms with Gasteiger partial charge in [0, 0.05) is 18.8 Å². The van der Waals surface area contributed by atoms with Crippen LogP contribution in [0.5, 0.6) is 0 Å². The second kappa shape index (κ2) is 12.0. The quantitative estimate of drug-likeness (QED) is 0.241. The Hall–Kier alpha value is -2.41. The highest BCUT2D eigenvalue weighted by atomic mass is 16.5. The average Bonchev–Trinajstić information content (AvgIpc) is 2.66. The van der Waals surface area contributed by atoms with E-state index in [4.69, 9.17) is 9.94 Å². The standard InChI is InChI=1S/C19H28N2O5/c1-3-4-6-11-15(13-17(22)21-25)18(23)20-16(19(24)26-2)12-14-9-7-5-8-10-14/h5,7-10,15-16,25H,3-4,6,11-13H2,1-2H3,(H,20,23)(H,21,22)/t15-,16+/m1/s1. The molecular weight excluding hydrogens is 336 g/mol. The van der Waals surface area contributed by atoms with Crippen LogP contribution in [0.15, 0.2) is 30.3 Å². The summed E-state index contributed by atoms with van der Waals surface area (Å²) in [5, 5.41) is 11.4. The molecule has 0 radical (unpaired) electrons. The van der Waals surface area contributed by atoms with Crippen LogP contribution in [-0.4, -0.2) is 36.1 Å². The van der Waals surface area contributed by atoms with E-state index in [9.17, 15) is 14.4 Å². The molecule has 7 nitrogen and oxygen atoms in total. The summed E-state index contributed by atoms with van der Waals surface area (Å²) in [5.74, 6) is -2.17. The summed E-state index contributed by atoms with van der Waals surface area (Å²) in [6.07, 6.45) is 3.38. The maximum atomic E-state index is 12.6. The van der Waals surface area contributed by atoms with Crippen molar-refractivity contribution in [2.45, 2.75) is 51.5 Å². The van der Waals surface area contributed by atoms with E-state index < -0.39 is 29.7 Å². The molecule has 1 rings (SSSR count). The highest BCUT2D eigenvalue weighted by molar-refractivity contribution is 5.89. The van der Waals surface area contributed by atoms with Crippen LogP contribution < -0.4 is 10.8 Å². The monoisotopic (exact) mass is 364 g/mol. The molecule has 0 heterocycles. The minimum absolute atomic E-state index is 0.134. The smallest absolute Gasteiger partial charge is 0.328 e. The van der Waals surface area contributed by atoms with Gasteiger partial charge in [-0.3, -0.25) is 14.8 Å². The van der Waals surface area contributed by atoms with Gasteiger partial charge in [0.05, 0.1) is 7.11 Å². The summed E-state index contributed by atoms with van der Waals surface area (Å²) in [7, 11) is 1.27. The Labute approximate surface area is 154 Å². The van der Waals surface area contributed by atoms with Crippen LogP contribution in [0.2, 0.25) is 0 Å². The van der Waals surface area contributed by atoms with Crippen LogP contribution >= 0.6 is 0 Å². The molecule has 0 fully saturated rings. The van der Waals surface area contributed by atoms with Crippen molar-refractivity contribution in [1.29, 1.82) is 0 Å². The van der Waals surface area contributed by atoms with Gasteiger partial charge in [0.2, 0.25) is 11.8 Å². The lowest BCUT2D eigenvalue weighted by molar-refractivity contribution is -0.145. The first-order chi connectivity index (χ1) is 12.5. The summed E-state index contributed by atoms with van der Waals surface area (Å²) >= 11 is 0. The first kappa shape index (κ1) is 21.6. The van der Waals surface area contributed by atoms with Crippen molar-refractivity contribution in [3.63, 3.8) is 0 Å². The van der Waals surface area contributed by atoms with Crippen LogP contribution in [-0.2, 0) is 25.5 Å². The summed E-state index contributed by atoms with van der Waals surface area (Å²) in [4.78, 5) is 36.2. The number of rotatable bonds is 11. The number of ether oxygens (including phenoxy) is 1. The molecule has 0 aromatic heterocycles. The molecule has 26 heavy (non-hydrogen) atoms. The zero-order valence-corrected chi connectivity index (χ0v) is 15.4. The number of hydroxylamine groups is 1. The number of nitrogens with one attached hydrogen (secondary N) is 2. The molecule has 0 aliphatic carbocycles. The van der Waals surface area contributed by atoms with Crippen LogP contribution in [0.25, 0.3) is 0 Å². The lowest BCUT2D eigenvalue weighted by Crippen LogP contribution is -2.46. The molecule has 0 unspecified atom stereocenters. The molecule has 2 atom stereocenters. The van der Waals surface area contributed by atoms with Crippen molar-refractivity contribution in [2.24, 2.45) is 5.92 Å². The molecule has 0 aliphatic heterocycles. The highest BCUT2D eigenvalue weighted by Crippen LogP contribution is 2.15. The minimum atomic E-state index is -0.833. The molecule has 3 N–H and O–H groups in total. The molecule has 2 amide bonds. The van der Waals surface area contributed by atoms with E-state index in [1.807, 2.05) is 37.3 Å². The van der Waals surface area contributed by atoms with E-state index in [1.165, 1.54) is 7.11 Å². The number of methoxy groups -OCH3 is 1. The van der Waals surface area contributed by atoms with Crippen LogP contribution in [0.1, 0.15) is 44.6 Å². The van der Waals surface area contributed by atoms with Crippen LogP contribution in [0.4, 0.5) is 0 Å². The molecule has 0 spiro atoms. The van der Waals surface area contributed by atoms with E-state index in [1.54, 1.807) is 5.48 Å². The molecule has 1 aromatic rings. The van der Waals surface area contributed by atoms with Gasteiger partial charge in [-0.05, 0) is 12.0 Å². The van der Waals surface area contributed by atoms with Gasteiger partial charge in [0.25, 0.3) is 0 Å². The lowest BCUT2D eigenvalue weighted by Gasteiger charge is -2.21. The molecular formula is C19H28N2O5. The van der Waals surface area contributed by atoms with Gasteiger partial charge in [0.1, 0.15) is 6.04 Å². The normalized spacial score (nSPS) is 12.7. The summed E-state index contributed by atoms with van der Waals surface area (Å²) < 4.78 is 4.79. The molecule has 0 bridgehead atoms. The van der Waals surface area contributed by atoms with Gasteiger partial charge in [-0.2, -0.15) is 0 Å². The first-order valence-electron chi connectivity index (χ1n) is 8.86. The predicted molar refractivity (Wildman–Crippen MR) is 96.3 cm³/mol. The van der Waals surface area contributed by atoms with E-state index in [2.05, 4.69) is 5.32 Å².